The Labute approximate surface area is 116 Å². The Morgan fingerprint density at radius 3 is 2.95 bits per heavy atom. The third-order valence-electron chi connectivity index (χ3n) is 3.81. The highest BCUT2D eigenvalue weighted by atomic mass is 16.2. The van der Waals surface area contributed by atoms with E-state index in [1.165, 1.54) is 23.9 Å². The number of nitrogens with one attached hydrogen (secondary N) is 1. The molecule has 3 rings (SSSR count). The largest absolute Gasteiger partial charge is 0.352 e. The minimum Gasteiger partial charge on any atom is -0.352 e. The smallest absolute Gasteiger partial charge is 0.291 e. The molecule has 1 aliphatic rings. The number of hydrogen-bond donors (Lipinski definition) is 1. The van der Waals surface area contributed by atoms with Gasteiger partial charge in [-0.05, 0) is 25.0 Å². The van der Waals surface area contributed by atoms with Crippen LogP contribution in [0.1, 0.15) is 32.1 Å². The van der Waals surface area contributed by atoms with E-state index in [-0.39, 0.29) is 24.1 Å². The van der Waals surface area contributed by atoms with Crippen LogP contribution in [-0.4, -0.2) is 26.1 Å². The summed E-state index contributed by atoms with van der Waals surface area (Å²) >= 11 is 0. The van der Waals surface area contributed by atoms with Crippen LogP contribution < -0.4 is 10.9 Å². The molecular formula is C14H18N4O2. The van der Waals surface area contributed by atoms with E-state index in [1.807, 2.05) is 0 Å². The lowest BCUT2D eigenvalue weighted by Gasteiger charge is -2.22. The Morgan fingerprint density at radius 1 is 1.35 bits per heavy atom. The van der Waals surface area contributed by atoms with Gasteiger partial charge in [0, 0.05) is 12.2 Å². The fraction of sp³-hybridized carbons (Fsp3) is 0.500. The van der Waals surface area contributed by atoms with Gasteiger partial charge in [-0.15, -0.1) is 0 Å². The van der Waals surface area contributed by atoms with E-state index in [2.05, 4.69) is 10.4 Å². The summed E-state index contributed by atoms with van der Waals surface area (Å²) in [7, 11) is 0. The van der Waals surface area contributed by atoms with E-state index < -0.39 is 0 Å². The molecule has 6 heteroatoms. The predicted molar refractivity (Wildman–Crippen MR) is 74.5 cm³/mol. The molecule has 1 saturated carbocycles. The summed E-state index contributed by atoms with van der Waals surface area (Å²) in [5.41, 5.74) is 0.293. The Balaban J connectivity index is 1.70. The molecule has 0 bridgehead atoms. The van der Waals surface area contributed by atoms with Crippen molar-refractivity contribution in [1.29, 1.82) is 0 Å². The molecule has 2 aromatic heterocycles. The molecule has 0 aromatic carbocycles. The highest BCUT2D eigenvalue weighted by Gasteiger charge is 2.16. The Hall–Kier alpha value is -2.11. The lowest BCUT2D eigenvalue weighted by molar-refractivity contribution is -0.122. The van der Waals surface area contributed by atoms with E-state index in [9.17, 15) is 9.59 Å². The normalized spacial score (nSPS) is 16.4. The van der Waals surface area contributed by atoms with Gasteiger partial charge in [0.25, 0.3) is 5.56 Å². The van der Waals surface area contributed by atoms with E-state index in [0.717, 1.165) is 12.8 Å². The van der Waals surface area contributed by atoms with Gasteiger partial charge in [0.15, 0.2) is 0 Å². The first kappa shape index (κ1) is 12.9. The second-order valence-electron chi connectivity index (χ2n) is 5.30. The zero-order chi connectivity index (χ0) is 13.9. The molecule has 1 N–H and O–H groups in total. The van der Waals surface area contributed by atoms with Crippen LogP contribution in [0.25, 0.3) is 5.52 Å². The average Bonchev–Trinajstić information content (AvgIpc) is 2.92. The first-order valence-electron chi connectivity index (χ1n) is 7.06. The van der Waals surface area contributed by atoms with Crippen LogP contribution in [0.2, 0.25) is 0 Å². The summed E-state index contributed by atoms with van der Waals surface area (Å²) < 4.78 is 2.87. The standard InChI is InChI=1S/C14H18N4O2/c19-13(16-11-5-2-1-3-6-11)9-18-14(20)12-7-4-8-17(12)10-15-18/h4,7-8,10-11H,1-3,5-6,9H2,(H,16,19). The van der Waals surface area contributed by atoms with Gasteiger partial charge in [0.2, 0.25) is 5.91 Å². The van der Waals surface area contributed by atoms with E-state index in [4.69, 9.17) is 0 Å². The molecule has 106 valence electrons. The molecule has 0 unspecified atom stereocenters. The van der Waals surface area contributed by atoms with E-state index >= 15 is 0 Å². The number of carbonyl (C=O) groups excluding carboxylic acids is 1. The van der Waals surface area contributed by atoms with Crippen LogP contribution in [-0.2, 0) is 11.3 Å². The number of nitrogens with zero attached hydrogens (tertiary/aromatic N) is 3. The third kappa shape index (κ3) is 2.59. The lowest BCUT2D eigenvalue weighted by Crippen LogP contribution is -2.40. The number of amides is 1. The van der Waals surface area contributed by atoms with Crippen LogP contribution in [0.4, 0.5) is 0 Å². The molecule has 0 spiro atoms. The van der Waals surface area contributed by atoms with Crippen molar-refractivity contribution >= 4 is 11.4 Å². The van der Waals surface area contributed by atoms with Crippen molar-refractivity contribution in [2.45, 2.75) is 44.7 Å². The summed E-state index contributed by atoms with van der Waals surface area (Å²) in [6.07, 6.45) is 8.95. The van der Waals surface area contributed by atoms with Crippen molar-refractivity contribution in [1.82, 2.24) is 19.5 Å². The van der Waals surface area contributed by atoms with Crippen molar-refractivity contribution in [2.24, 2.45) is 0 Å². The van der Waals surface area contributed by atoms with Crippen LogP contribution in [0.5, 0.6) is 0 Å². The van der Waals surface area contributed by atoms with Crippen molar-refractivity contribution in [3.63, 3.8) is 0 Å². The molecule has 2 aromatic rings. The Morgan fingerprint density at radius 2 is 2.15 bits per heavy atom. The van der Waals surface area contributed by atoms with Gasteiger partial charge in [0.05, 0.1) is 0 Å². The molecule has 6 nitrogen and oxygen atoms in total. The maximum atomic E-state index is 12.1. The van der Waals surface area contributed by atoms with Gasteiger partial charge in [-0.25, -0.2) is 4.68 Å². The minimum atomic E-state index is -0.240. The molecule has 1 aliphatic carbocycles. The van der Waals surface area contributed by atoms with Crippen molar-refractivity contribution in [3.05, 3.63) is 35.0 Å². The SMILES string of the molecule is O=C(Cn1ncn2cccc2c1=O)NC1CCCCC1. The highest BCUT2D eigenvalue weighted by molar-refractivity contribution is 5.76. The monoisotopic (exact) mass is 274 g/mol. The molecule has 20 heavy (non-hydrogen) atoms. The van der Waals surface area contributed by atoms with Gasteiger partial charge in [-0.3, -0.25) is 9.59 Å². The summed E-state index contributed by atoms with van der Waals surface area (Å²) in [5, 5.41) is 7.01. The molecule has 1 amide bonds. The number of carbonyl (C=O) groups is 1. The number of aromatic nitrogens is 3. The molecule has 0 saturated heterocycles. The predicted octanol–water partition coefficient (Wildman–Crippen LogP) is 0.945. The number of fused-ring (bicyclic) bond motifs is 1. The first-order chi connectivity index (χ1) is 9.74. The van der Waals surface area contributed by atoms with Crippen molar-refractivity contribution in [2.75, 3.05) is 0 Å². The zero-order valence-electron chi connectivity index (χ0n) is 11.3. The van der Waals surface area contributed by atoms with Crippen LogP contribution in [0, 0.1) is 0 Å². The summed E-state index contributed by atoms with van der Waals surface area (Å²) in [4.78, 5) is 24.1. The fourth-order valence-corrected chi connectivity index (χ4v) is 2.75. The van der Waals surface area contributed by atoms with E-state index in [1.54, 1.807) is 29.1 Å². The molecule has 1 fully saturated rings. The van der Waals surface area contributed by atoms with Gasteiger partial charge in [-0.1, -0.05) is 19.3 Å². The zero-order valence-corrected chi connectivity index (χ0v) is 11.3. The molecular weight excluding hydrogens is 256 g/mol. The summed E-state index contributed by atoms with van der Waals surface area (Å²) in [6.45, 7) is -0.0169. The Kier molecular flexibility index (Phi) is 3.54. The average molecular weight is 274 g/mol. The molecule has 0 aliphatic heterocycles. The third-order valence-corrected chi connectivity index (χ3v) is 3.81. The van der Waals surface area contributed by atoms with Crippen LogP contribution in [0.15, 0.2) is 29.5 Å². The van der Waals surface area contributed by atoms with Gasteiger partial charge in [0.1, 0.15) is 18.4 Å². The fourth-order valence-electron chi connectivity index (χ4n) is 2.75. The minimum absolute atomic E-state index is 0.0169. The molecule has 0 atom stereocenters. The van der Waals surface area contributed by atoms with Crippen molar-refractivity contribution in [3.8, 4) is 0 Å². The quantitative estimate of drug-likeness (QED) is 0.906. The topological polar surface area (TPSA) is 68.4 Å². The van der Waals surface area contributed by atoms with Crippen molar-refractivity contribution < 1.29 is 4.79 Å². The second kappa shape index (κ2) is 5.48. The lowest BCUT2D eigenvalue weighted by atomic mass is 9.95. The van der Waals surface area contributed by atoms with Crippen LogP contribution in [0.3, 0.4) is 0 Å². The Bertz CT molecular complexity index is 667. The summed E-state index contributed by atoms with van der Waals surface area (Å²) in [6, 6.07) is 3.76. The molecule has 0 radical (unpaired) electrons. The summed E-state index contributed by atoms with van der Waals surface area (Å²) in [5.74, 6) is -0.137. The maximum Gasteiger partial charge on any atom is 0.291 e. The van der Waals surface area contributed by atoms with Crippen LogP contribution >= 0.6 is 0 Å². The van der Waals surface area contributed by atoms with Gasteiger partial charge >= 0.3 is 0 Å². The second-order valence-corrected chi connectivity index (χ2v) is 5.30. The van der Waals surface area contributed by atoms with E-state index in [0.29, 0.717) is 5.52 Å². The van der Waals surface area contributed by atoms with Gasteiger partial charge in [-0.2, -0.15) is 5.10 Å². The maximum absolute atomic E-state index is 12.1. The highest BCUT2D eigenvalue weighted by Crippen LogP contribution is 2.17. The first-order valence-corrected chi connectivity index (χ1v) is 7.06. The number of rotatable bonds is 3. The number of hydrogen-bond acceptors (Lipinski definition) is 3. The molecule has 2 heterocycles. The van der Waals surface area contributed by atoms with Gasteiger partial charge < -0.3 is 9.72 Å².